The molecule has 2 aliphatic rings. The number of aromatic nitrogens is 1. The first kappa shape index (κ1) is 27.1. The second kappa shape index (κ2) is 11.6. The largest absolute Gasteiger partial charge is 0.333 e. The van der Waals surface area contributed by atoms with Crippen molar-refractivity contribution in [2.24, 2.45) is 0 Å². The lowest BCUT2D eigenvalue weighted by molar-refractivity contribution is 0.745. The zero-order chi connectivity index (χ0) is 30.2. The fourth-order valence-corrected chi connectivity index (χ4v) is 7.05. The molecular weight excluding hydrogens is 544 g/mol. The van der Waals surface area contributed by atoms with Gasteiger partial charge in [0.05, 0.1) is 17.4 Å². The fourth-order valence-electron chi connectivity index (χ4n) is 7.05. The minimum atomic E-state index is 0.302. The Balaban J connectivity index is 1.18. The molecule has 2 nitrogen and oxygen atoms in total. The number of rotatable bonds is 6. The Kier molecular flexibility index (Phi) is 6.96. The van der Waals surface area contributed by atoms with Crippen LogP contribution >= 0.6 is 0 Å². The van der Waals surface area contributed by atoms with Crippen LogP contribution in [-0.4, -0.2) is 11.0 Å². The van der Waals surface area contributed by atoms with Gasteiger partial charge >= 0.3 is 0 Å². The van der Waals surface area contributed by atoms with Crippen molar-refractivity contribution in [1.82, 2.24) is 4.98 Å². The second-order valence-corrected chi connectivity index (χ2v) is 11.8. The van der Waals surface area contributed by atoms with Gasteiger partial charge in [0.1, 0.15) is 0 Å². The Morgan fingerprint density at radius 2 is 1.24 bits per heavy atom. The van der Waals surface area contributed by atoms with E-state index >= 15 is 0 Å². The molecule has 0 spiro atoms. The summed E-state index contributed by atoms with van der Waals surface area (Å²) in [5.41, 5.74) is 14.3. The highest BCUT2D eigenvalue weighted by Crippen LogP contribution is 2.47. The third-order valence-corrected chi connectivity index (χ3v) is 9.21. The first-order chi connectivity index (χ1) is 22.3. The van der Waals surface area contributed by atoms with E-state index in [0.29, 0.717) is 12.0 Å². The number of anilines is 2. The number of para-hydroxylation sites is 1. The second-order valence-electron chi connectivity index (χ2n) is 11.8. The first-order valence-corrected chi connectivity index (χ1v) is 15.9. The van der Waals surface area contributed by atoms with E-state index in [9.17, 15) is 0 Å². The average molecular weight is 579 g/mol. The van der Waals surface area contributed by atoms with Crippen LogP contribution in [0.15, 0.2) is 164 Å². The van der Waals surface area contributed by atoms with Crippen LogP contribution in [-0.2, 0) is 6.42 Å². The van der Waals surface area contributed by atoms with E-state index in [4.69, 9.17) is 4.98 Å². The van der Waals surface area contributed by atoms with Crippen molar-refractivity contribution < 1.29 is 0 Å². The monoisotopic (exact) mass is 578 g/mol. The highest BCUT2D eigenvalue weighted by atomic mass is 15.2. The summed E-state index contributed by atoms with van der Waals surface area (Å²) in [5, 5.41) is 0. The Morgan fingerprint density at radius 1 is 0.578 bits per heavy atom. The van der Waals surface area contributed by atoms with Crippen LogP contribution in [0.25, 0.3) is 44.8 Å². The Morgan fingerprint density at radius 3 is 2.02 bits per heavy atom. The minimum Gasteiger partial charge on any atom is -0.333 e. The molecule has 5 aromatic carbocycles. The van der Waals surface area contributed by atoms with Gasteiger partial charge in [-0.15, -0.1) is 0 Å². The molecule has 8 rings (SSSR count). The first-order valence-electron chi connectivity index (χ1n) is 15.9. The van der Waals surface area contributed by atoms with Gasteiger partial charge in [-0.1, -0.05) is 140 Å². The van der Waals surface area contributed by atoms with Crippen molar-refractivity contribution in [2.45, 2.75) is 25.3 Å². The van der Waals surface area contributed by atoms with E-state index in [2.05, 4.69) is 176 Å². The normalized spacial score (nSPS) is 16.4. The molecule has 0 radical (unpaired) electrons. The van der Waals surface area contributed by atoms with Gasteiger partial charge in [-0.25, -0.2) is 4.98 Å². The maximum absolute atomic E-state index is 5.31. The molecule has 0 amide bonds. The molecule has 0 saturated carbocycles. The molecule has 2 atom stereocenters. The van der Waals surface area contributed by atoms with Gasteiger partial charge in [0.25, 0.3) is 0 Å². The fraction of sp³-hybridized carbons (Fsp3) is 0.0930. The Bertz CT molecular complexity index is 1980. The quantitative estimate of drug-likeness (QED) is 0.195. The zero-order valence-electron chi connectivity index (χ0n) is 25.3. The molecule has 0 fully saturated rings. The highest BCUT2D eigenvalue weighted by Gasteiger charge is 2.36. The van der Waals surface area contributed by atoms with Crippen LogP contribution in [0, 0.1) is 0 Å². The van der Waals surface area contributed by atoms with Crippen molar-refractivity contribution in [2.75, 3.05) is 4.90 Å². The third kappa shape index (κ3) is 4.89. The van der Waals surface area contributed by atoms with Crippen molar-refractivity contribution >= 4 is 11.4 Å². The van der Waals surface area contributed by atoms with E-state index in [1.54, 1.807) is 0 Å². The summed E-state index contributed by atoms with van der Waals surface area (Å²) in [6, 6.07) is 50.5. The minimum absolute atomic E-state index is 0.302. The van der Waals surface area contributed by atoms with Crippen LogP contribution in [0.4, 0.5) is 11.4 Å². The molecule has 1 aliphatic carbocycles. The van der Waals surface area contributed by atoms with Gasteiger partial charge in [0, 0.05) is 28.4 Å². The van der Waals surface area contributed by atoms with Crippen LogP contribution in [0.3, 0.4) is 0 Å². The number of nitrogens with zero attached hydrogens (tertiary/aromatic N) is 2. The van der Waals surface area contributed by atoms with E-state index in [0.717, 1.165) is 28.9 Å². The van der Waals surface area contributed by atoms with Crippen LogP contribution in [0.2, 0.25) is 0 Å². The molecule has 2 heterocycles. The van der Waals surface area contributed by atoms with Crippen LogP contribution < -0.4 is 4.90 Å². The summed E-state index contributed by atoms with van der Waals surface area (Å²) in [6.07, 6.45) is 9.91. The van der Waals surface area contributed by atoms with Gasteiger partial charge in [0.2, 0.25) is 0 Å². The number of hydrogen-bond acceptors (Lipinski definition) is 2. The molecule has 0 N–H and O–H groups in total. The molecule has 2 unspecified atom stereocenters. The smallest absolute Gasteiger partial charge is 0.0747 e. The third-order valence-electron chi connectivity index (χ3n) is 9.21. The summed E-state index contributed by atoms with van der Waals surface area (Å²) in [5.74, 6) is 0.385. The standard InChI is InChI=1S/C43H34N2/c1-2-36-39(31-14-5-3-6-15-31)29-40(44-43(36)32-16-7-4-8-17-32)34-19-13-18-33(28-34)30-24-26-35(27-25-30)45-41-22-11-9-20-37(41)38-21-10-12-23-42(38)45/h3-29,37,41H,2H2,1H3. The van der Waals surface area contributed by atoms with Gasteiger partial charge < -0.3 is 4.90 Å². The number of allylic oxidation sites excluding steroid dienone is 2. The summed E-state index contributed by atoms with van der Waals surface area (Å²) in [6.45, 7) is 2.22. The average Bonchev–Trinajstić information content (AvgIpc) is 3.46. The SMILES string of the molecule is CCc1c(-c2ccccc2)cc(-c2cccc(-c3ccc(N4c5ccccc5C5C=CC=CC54)cc3)c2)nc1-c1ccccc1. The maximum Gasteiger partial charge on any atom is 0.0747 e. The van der Waals surface area contributed by atoms with Gasteiger partial charge in [-0.3, -0.25) is 0 Å². The van der Waals surface area contributed by atoms with Crippen LogP contribution in [0.1, 0.15) is 24.0 Å². The molecule has 6 aromatic rings. The predicted molar refractivity (Wildman–Crippen MR) is 189 cm³/mol. The van der Waals surface area contributed by atoms with Crippen molar-refractivity contribution in [1.29, 1.82) is 0 Å². The number of hydrogen-bond donors (Lipinski definition) is 0. The zero-order valence-corrected chi connectivity index (χ0v) is 25.3. The van der Waals surface area contributed by atoms with Gasteiger partial charge in [-0.05, 0) is 70.1 Å². The number of fused-ring (bicyclic) bond motifs is 3. The van der Waals surface area contributed by atoms with Crippen molar-refractivity contribution in [3.05, 3.63) is 175 Å². The highest BCUT2D eigenvalue weighted by molar-refractivity contribution is 5.83. The molecule has 216 valence electrons. The van der Waals surface area contributed by atoms with E-state index in [1.165, 1.54) is 44.8 Å². The molecule has 45 heavy (non-hydrogen) atoms. The summed E-state index contributed by atoms with van der Waals surface area (Å²) >= 11 is 0. The number of benzene rings is 5. The van der Waals surface area contributed by atoms with Gasteiger partial charge in [0.15, 0.2) is 0 Å². The van der Waals surface area contributed by atoms with Crippen molar-refractivity contribution in [3.8, 4) is 44.8 Å². The van der Waals surface area contributed by atoms with Gasteiger partial charge in [-0.2, -0.15) is 0 Å². The lowest BCUT2D eigenvalue weighted by Crippen LogP contribution is -2.28. The maximum atomic E-state index is 5.31. The Labute approximate surface area is 265 Å². The lowest BCUT2D eigenvalue weighted by atomic mass is 9.91. The Hall–Kier alpha value is -5.47. The summed E-state index contributed by atoms with van der Waals surface area (Å²) in [7, 11) is 0. The summed E-state index contributed by atoms with van der Waals surface area (Å²) < 4.78 is 0. The molecule has 1 aliphatic heterocycles. The van der Waals surface area contributed by atoms with Crippen molar-refractivity contribution in [3.63, 3.8) is 0 Å². The van der Waals surface area contributed by atoms with Crippen LogP contribution in [0.5, 0.6) is 0 Å². The molecule has 1 aromatic heterocycles. The molecule has 0 saturated heterocycles. The molecule has 2 heteroatoms. The van der Waals surface area contributed by atoms with E-state index < -0.39 is 0 Å². The van der Waals surface area contributed by atoms with E-state index in [-0.39, 0.29) is 0 Å². The number of pyridine rings is 1. The topological polar surface area (TPSA) is 16.1 Å². The van der Waals surface area contributed by atoms with E-state index in [1.807, 2.05) is 0 Å². The molecular formula is C43H34N2. The lowest BCUT2D eigenvalue weighted by Gasteiger charge is -2.28. The predicted octanol–water partition coefficient (Wildman–Crippen LogP) is 11.0. The molecule has 0 bridgehead atoms. The summed E-state index contributed by atoms with van der Waals surface area (Å²) in [4.78, 5) is 7.79.